The van der Waals surface area contributed by atoms with Crippen molar-refractivity contribution in [3.8, 4) is 0 Å². The molecule has 0 radical (unpaired) electrons. The second kappa shape index (κ2) is 8.61. The molecule has 1 unspecified atom stereocenters. The number of benzene rings is 2. The zero-order valence-electron chi connectivity index (χ0n) is 16.4. The number of amides is 1. The quantitative estimate of drug-likeness (QED) is 0.576. The van der Waals surface area contributed by atoms with Gasteiger partial charge in [0.2, 0.25) is 5.91 Å². The molecule has 2 aromatic carbocycles. The summed E-state index contributed by atoms with van der Waals surface area (Å²) in [6, 6.07) is 16.5. The molecule has 0 N–H and O–H groups in total. The molecule has 29 heavy (non-hydrogen) atoms. The molecule has 152 valence electrons. The number of piperazine rings is 1. The van der Waals surface area contributed by atoms with Gasteiger partial charge in [0, 0.05) is 57.1 Å². The number of nitrogens with zero attached hydrogens (tertiary/aromatic N) is 4. The van der Waals surface area contributed by atoms with Gasteiger partial charge in [-0.15, -0.1) is 0 Å². The average molecular weight is 394 g/mol. The second-order valence-corrected chi connectivity index (χ2v) is 7.64. The molecule has 0 aromatic heterocycles. The molecule has 1 atom stereocenters. The minimum atomic E-state index is -0.379. The summed E-state index contributed by atoms with van der Waals surface area (Å²) in [6.07, 6.45) is 2.17. The van der Waals surface area contributed by atoms with Gasteiger partial charge >= 0.3 is 0 Å². The summed E-state index contributed by atoms with van der Waals surface area (Å²) in [4.78, 5) is 30.3. The third-order valence-electron chi connectivity index (χ3n) is 5.87. The molecular weight excluding hydrogens is 368 g/mol. The molecule has 2 aromatic rings. The van der Waals surface area contributed by atoms with Crippen LogP contribution in [0.5, 0.6) is 0 Å². The van der Waals surface area contributed by atoms with Gasteiger partial charge in [0.15, 0.2) is 0 Å². The number of non-ortho nitro benzene ring substituents is 1. The largest absolute Gasteiger partial charge is 0.369 e. The summed E-state index contributed by atoms with van der Waals surface area (Å²) in [5.41, 5.74) is 2.14. The van der Waals surface area contributed by atoms with Crippen molar-refractivity contribution in [3.05, 3.63) is 70.3 Å². The third-order valence-corrected chi connectivity index (χ3v) is 5.87. The lowest BCUT2D eigenvalue weighted by atomic mass is 10.0. The predicted molar refractivity (Wildman–Crippen MR) is 112 cm³/mol. The molecule has 4 rings (SSSR count). The van der Waals surface area contributed by atoms with Gasteiger partial charge in [0.1, 0.15) is 6.04 Å². The van der Waals surface area contributed by atoms with Gasteiger partial charge in [0.25, 0.3) is 5.69 Å². The molecule has 1 amide bonds. The lowest BCUT2D eigenvalue weighted by molar-refractivity contribution is -0.384. The zero-order chi connectivity index (χ0) is 20.2. The van der Waals surface area contributed by atoms with E-state index in [0.29, 0.717) is 0 Å². The lowest BCUT2D eigenvalue weighted by Gasteiger charge is -2.40. The van der Waals surface area contributed by atoms with Crippen LogP contribution in [0.15, 0.2) is 54.6 Å². The number of carbonyl (C=O) groups excluding carboxylic acids is 1. The van der Waals surface area contributed by atoms with Crippen molar-refractivity contribution in [2.24, 2.45) is 0 Å². The van der Waals surface area contributed by atoms with Gasteiger partial charge in [-0.05, 0) is 30.5 Å². The van der Waals surface area contributed by atoms with Crippen LogP contribution < -0.4 is 4.90 Å². The summed E-state index contributed by atoms with van der Waals surface area (Å²) >= 11 is 0. The lowest BCUT2D eigenvalue weighted by Crippen LogP contribution is -2.51. The van der Waals surface area contributed by atoms with Crippen LogP contribution in [0, 0.1) is 10.1 Å². The van der Waals surface area contributed by atoms with E-state index in [-0.39, 0.29) is 22.6 Å². The zero-order valence-corrected chi connectivity index (χ0v) is 16.4. The Hall–Kier alpha value is -2.93. The SMILES string of the molecule is O=C(C(c1ccccc1)N1CCN(c2ccc([N+](=O)[O-])cc2)CC1)N1CCCC1. The number of hydrogen-bond acceptors (Lipinski definition) is 5. The van der Waals surface area contributed by atoms with E-state index in [2.05, 4.69) is 9.80 Å². The van der Waals surface area contributed by atoms with Crippen LogP contribution in [0.2, 0.25) is 0 Å². The Morgan fingerprint density at radius 2 is 1.48 bits per heavy atom. The van der Waals surface area contributed by atoms with Crippen molar-refractivity contribution in [1.82, 2.24) is 9.80 Å². The number of hydrogen-bond donors (Lipinski definition) is 0. The number of nitro benzene ring substituents is 1. The van der Waals surface area contributed by atoms with Crippen molar-refractivity contribution in [1.29, 1.82) is 0 Å². The standard InChI is InChI=1S/C22H26N4O3/c27-22(25-12-4-5-13-25)21(18-6-2-1-3-7-18)24-16-14-23(15-17-24)19-8-10-20(11-9-19)26(28)29/h1-3,6-11,21H,4-5,12-17H2. The van der Waals surface area contributed by atoms with Gasteiger partial charge < -0.3 is 9.80 Å². The highest BCUT2D eigenvalue weighted by molar-refractivity contribution is 5.83. The molecule has 0 spiro atoms. The van der Waals surface area contributed by atoms with Crippen molar-refractivity contribution < 1.29 is 9.72 Å². The molecule has 0 saturated carbocycles. The molecule has 2 fully saturated rings. The number of carbonyl (C=O) groups is 1. The Morgan fingerprint density at radius 1 is 0.862 bits per heavy atom. The van der Waals surface area contributed by atoms with E-state index in [9.17, 15) is 14.9 Å². The molecule has 2 heterocycles. The van der Waals surface area contributed by atoms with Crippen molar-refractivity contribution in [2.45, 2.75) is 18.9 Å². The normalized spacial score (nSPS) is 18.6. The molecule has 0 aliphatic carbocycles. The van der Waals surface area contributed by atoms with E-state index in [4.69, 9.17) is 0 Å². The monoisotopic (exact) mass is 394 g/mol. The Labute approximate surface area is 170 Å². The van der Waals surface area contributed by atoms with Crippen molar-refractivity contribution >= 4 is 17.3 Å². The molecule has 2 saturated heterocycles. The molecule has 2 aliphatic rings. The minimum absolute atomic E-state index is 0.104. The minimum Gasteiger partial charge on any atom is -0.369 e. The first kappa shape index (κ1) is 19.4. The summed E-state index contributed by atoms with van der Waals surface area (Å²) in [5.74, 6) is 0.206. The van der Waals surface area contributed by atoms with Crippen LogP contribution in [0.1, 0.15) is 24.4 Å². The van der Waals surface area contributed by atoms with Crippen molar-refractivity contribution in [3.63, 3.8) is 0 Å². The summed E-state index contributed by atoms with van der Waals surface area (Å²) < 4.78 is 0. The summed E-state index contributed by atoms with van der Waals surface area (Å²) in [6.45, 7) is 4.82. The van der Waals surface area contributed by atoms with E-state index < -0.39 is 0 Å². The molecule has 0 bridgehead atoms. The van der Waals surface area contributed by atoms with E-state index in [0.717, 1.165) is 63.4 Å². The molecular formula is C22H26N4O3. The number of nitro groups is 1. The van der Waals surface area contributed by atoms with Gasteiger partial charge in [0.05, 0.1) is 4.92 Å². The maximum Gasteiger partial charge on any atom is 0.269 e. The first-order valence-corrected chi connectivity index (χ1v) is 10.2. The number of rotatable bonds is 5. The smallest absolute Gasteiger partial charge is 0.269 e. The first-order valence-electron chi connectivity index (χ1n) is 10.2. The van der Waals surface area contributed by atoms with E-state index in [1.165, 1.54) is 0 Å². The van der Waals surface area contributed by atoms with Crippen LogP contribution in [-0.4, -0.2) is 59.9 Å². The number of likely N-dealkylation sites (tertiary alicyclic amines) is 1. The Kier molecular flexibility index (Phi) is 5.76. The Morgan fingerprint density at radius 3 is 2.07 bits per heavy atom. The number of anilines is 1. The third kappa shape index (κ3) is 4.24. The van der Waals surface area contributed by atoms with Crippen LogP contribution >= 0.6 is 0 Å². The first-order chi connectivity index (χ1) is 14.1. The summed E-state index contributed by atoms with van der Waals surface area (Å²) in [5, 5.41) is 10.9. The Balaban J connectivity index is 1.47. The van der Waals surface area contributed by atoms with Crippen LogP contribution in [0.25, 0.3) is 0 Å². The molecule has 7 heteroatoms. The van der Waals surface area contributed by atoms with E-state index in [1.54, 1.807) is 24.3 Å². The van der Waals surface area contributed by atoms with Crippen LogP contribution in [-0.2, 0) is 4.79 Å². The average Bonchev–Trinajstić information content (AvgIpc) is 3.30. The van der Waals surface area contributed by atoms with Crippen LogP contribution in [0.3, 0.4) is 0 Å². The van der Waals surface area contributed by atoms with Gasteiger partial charge in [-0.3, -0.25) is 19.8 Å². The van der Waals surface area contributed by atoms with Gasteiger partial charge in [-0.25, -0.2) is 0 Å². The maximum atomic E-state index is 13.3. The van der Waals surface area contributed by atoms with Crippen molar-refractivity contribution in [2.75, 3.05) is 44.2 Å². The van der Waals surface area contributed by atoms with E-state index in [1.807, 2.05) is 35.2 Å². The topological polar surface area (TPSA) is 69.9 Å². The predicted octanol–water partition coefficient (Wildman–Crippen LogP) is 3.08. The highest BCUT2D eigenvalue weighted by Gasteiger charge is 2.34. The fourth-order valence-corrected chi connectivity index (χ4v) is 4.28. The Bertz CT molecular complexity index is 842. The molecule has 2 aliphatic heterocycles. The summed E-state index contributed by atoms with van der Waals surface area (Å²) in [7, 11) is 0. The van der Waals surface area contributed by atoms with Crippen LogP contribution in [0.4, 0.5) is 11.4 Å². The van der Waals surface area contributed by atoms with Gasteiger partial charge in [-0.2, -0.15) is 0 Å². The fraction of sp³-hybridized carbons (Fsp3) is 0.409. The fourth-order valence-electron chi connectivity index (χ4n) is 4.28. The highest BCUT2D eigenvalue weighted by Crippen LogP contribution is 2.28. The van der Waals surface area contributed by atoms with Gasteiger partial charge in [-0.1, -0.05) is 30.3 Å². The maximum absolute atomic E-state index is 13.3. The van der Waals surface area contributed by atoms with E-state index >= 15 is 0 Å². The highest BCUT2D eigenvalue weighted by atomic mass is 16.6. The second-order valence-electron chi connectivity index (χ2n) is 7.64. The molecule has 7 nitrogen and oxygen atoms in total.